The maximum Gasteiger partial charge on any atom is 0.242 e. The van der Waals surface area contributed by atoms with Gasteiger partial charge in [-0.15, -0.1) is 0 Å². The van der Waals surface area contributed by atoms with E-state index < -0.39 is 7.05 Å². The molecule has 0 N–H and O–H groups in total. The summed E-state index contributed by atoms with van der Waals surface area (Å²) in [5.74, 6) is 0. The summed E-state index contributed by atoms with van der Waals surface area (Å²) in [5, 5.41) is 0.685. The fourth-order valence-electron chi connectivity index (χ4n) is 2.76. The maximum absolute atomic E-state index is 4.91. The Balaban J connectivity index is 5.36. The molecule has 90 valence electrons. The Morgan fingerprint density at radius 1 is 1.00 bits per heavy atom. The summed E-state index contributed by atoms with van der Waals surface area (Å²) in [7, 11) is 0.805. The average Bonchev–Trinajstić information content (AvgIpc) is 2.01. The Labute approximate surface area is 97.9 Å². The fraction of sp³-hybridized carbons (Fsp3) is 1.00. The molecule has 0 unspecified atom stereocenters. The topological polar surface area (TPSA) is 12.4 Å². The van der Waals surface area contributed by atoms with Gasteiger partial charge in [-0.25, -0.2) is 0 Å². The van der Waals surface area contributed by atoms with Crippen molar-refractivity contribution in [2.75, 3.05) is 6.16 Å². The van der Waals surface area contributed by atoms with Gasteiger partial charge in [0.15, 0.2) is 0 Å². The molecular formula is C12H29BNP. The molecule has 0 atom stereocenters. The first-order valence-electron chi connectivity index (χ1n) is 6.12. The van der Waals surface area contributed by atoms with Gasteiger partial charge in [0, 0.05) is 0 Å². The molecule has 0 aliphatic carbocycles. The molecule has 0 aliphatic rings. The van der Waals surface area contributed by atoms with Crippen molar-refractivity contribution in [3.05, 3.63) is 0 Å². The van der Waals surface area contributed by atoms with Crippen molar-refractivity contribution in [1.82, 2.24) is 0 Å². The highest BCUT2D eigenvalue weighted by atomic mass is 31.2. The van der Waals surface area contributed by atoms with Crippen LogP contribution in [0.25, 0.3) is 0 Å². The van der Waals surface area contributed by atoms with Crippen LogP contribution in [0.3, 0.4) is 0 Å². The summed E-state index contributed by atoms with van der Waals surface area (Å²) in [6, 6.07) is 0. The lowest BCUT2D eigenvalue weighted by molar-refractivity contribution is 0.685. The third-order valence-corrected chi connectivity index (χ3v) is 9.48. The highest BCUT2D eigenvalue weighted by molar-refractivity contribution is 7.69. The van der Waals surface area contributed by atoms with Gasteiger partial charge in [-0.1, -0.05) is 54.9 Å². The van der Waals surface area contributed by atoms with E-state index in [9.17, 15) is 0 Å². The average molecular weight is 229 g/mol. The minimum Gasteiger partial charge on any atom is -0.365 e. The second-order valence-corrected chi connectivity index (χ2v) is 11.5. The molecule has 0 aromatic heterocycles. The zero-order valence-electron chi connectivity index (χ0n) is 12.0. The molecule has 0 aromatic rings. The van der Waals surface area contributed by atoms with Crippen LogP contribution in [0.15, 0.2) is 4.66 Å². The molecule has 0 radical (unpaired) electrons. The lowest BCUT2D eigenvalue weighted by atomic mass is 10.2. The predicted octanol–water partition coefficient (Wildman–Crippen LogP) is 4.13. The molecule has 0 saturated heterocycles. The molecule has 0 spiro atoms. The molecular weight excluding hydrogens is 200 g/mol. The second kappa shape index (κ2) is 5.08. The molecule has 0 bridgehead atoms. The molecule has 3 heteroatoms. The van der Waals surface area contributed by atoms with E-state index in [0.29, 0.717) is 10.3 Å². The fourth-order valence-corrected chi connectivity index (χ4v) is 8.29. The minimum atomic E-state index is -1.24. The van der Waals surface area contributed by atoms with Crippen molar-refractivity contribution in [2.45, 2.75) is 71.6 Å². The van der Waals surface area contributed by atoms with Crippen LogP contribution >= 0.6 is 7.05 Å². The quantitative estimate of drug-likeness (QED) is 0.509. The van der Waals surface area contributed by atoms with Gasteiger partial charge in [-0.3, -0.25) is 0 Å². The zero-order chi connectivity index (χ0) is 12.3. The van der Waals surface area contributed by atoms with Crippen molar-refractivity contribution in [3.63, 3.8) is 0 Å². The Hall–Kier alpha value is 0.295. The van der Waals surface area contributed by atoms with Crippen molar-refractivity contribution in [1.29, 1.82) is 0 Å². The molecule has 0 aromatic carbocycles. The predicted molar refractivity (Wildman–Crippen MR) is 77.2 cm³/mol. The maximum atomic E-state index is 4.91. The number of rotatable bonds is 3. The summed E-state index contributed by atoms with van der Waals surface area (Å²) in [5.41, 5.74) is 0. The Morgan fingerprint density at radius 2 is 1.40 bits per heavy atom. The Morgan fingerprint density at radius 3 is 1.60 bits per heavy atom. The first-order valence-corrected chi connectivity index (χ1v) is 8.04. The summed E-state index contributed by atoms with van der Waals surface area (Å²) in [6.45, 7) is 16.5. The Kier molecular flexibility index (Phi) is 5.18. The first kappa shape index (κ1) is 15.3. The van der Waals surface area contributed by atoms with Crippen LogP contribution in [0.5, 0.6) is 0 Å². The summed E-state index contributed by atoms with van der Waals surface area (Å²) in [4.78, 5) is 0. The van der Waals surface area contributed by atoms with E-state index in [-0.39, 0.29) is 0 Å². The third-order valence-electron chi connectivity index (χ3n) is 3.40. The number of nitrogens with zero attached hydrogens (tertiary/aromatic N) is 1. The van der Waals surface area contributed by atoms with E-state index in [1.807, 2.05) is 7.98 Å². The first-order chi connectivity index (χ1) is 6.62. The normalized spacial score (nSPS) is 14.1. The van der Waals surface area contributed by atoms with Crippen LogP contribution in [0.1, 0.15) is 61.3 Å². The highest BCUT2D eigenvalue weighted by Gasteiger charge is 2.41. The van der Waals surface area contributed by atoms with Gasteiger partial charge < -0.3 is 4.66 Å². The molecule has 0 amide bonds. The van der Waals surface area contributed by atoms with Gasteiger partial charge in [0.25, 0.3) is 0 Å². The molecule has 15 heavy (non-hydrogen) atoms. The van der Waals surface area contributed by atoms with E-state index >= 15 is 0 Å². The molecule has 0 fully saturated rings. The van der Waals surface area contributed by atoms with E-state index in [1.165, 1.54) is 19.0 Å². The smallest absolute Gasteiger partial charge is 0.242 e. The molecule has 0 saturated carbocycles. The van der Waals surface area contributed by atoms with Crippen LogP contribution in [-0.4, -0.2) is 24.5 Å². The number of unbranched alkanes of at least 4 members (excludes halogenated alkanes) is 1. The standard InChI is InChI=1S/C12H29BNP/c1-8-9-10-15(14-13,11(2,3)4)12(5,6)7/h8-10,13H2,1-7H3. The summed E-state index contributed by atoms with van der Waals surface area (Å²) >= 11 is 0. The number of hydrogen-bond donors (Lipinski definition) is 0. The molecule has 0 heterocycles. The van der Waals surface area contributed by atoms with E-state index in [1.54, 1.807) is 0 Å². The van der Waals surface area contributed by atoms with Crippen LogP contribution in [-0.2, 0) is 0 Å². The van der Waals surface area contributed by atoms with Gasteiger partial charge in [0.1, 0.15) is 0 Å². The van der Waals surface area contributed by atoms with Crippen LogP contribution in [0.2, 0.25) is 0 Å². The summed E-state index contributed by atoms with van der Waals surface area (Å²) < 4.78 is 4.91. The SMILES string of the molecule is BN=P(CCCC)(C(C)(C)C)C(C)(C)C. The molecule has 1 nitrogen and oxygen atoms in total. The van der Waals surface area contributed by atoms with Gasteiger partial charge in [0.05, 0.1) is 0 Å². The minimum absolute atomic E-state index is 0.342. The molecule has 0 rings (SSSR count). The van der Waals surface area contributed by atoms with Crippen LogP contribution in [0, 0.1) is 0 Å². The lowest BCUT2D eigenvalue weighted by Crippen LogP contribution is -2.30. The largest absolute Gasteiger partial charge is 0.365 e. The van der Waals surface area contributed by atoms with Crippen molar-refractivity contribution >= 4 is 15.0 Å². The van der Waals surface area contributed by atoms with Gasteiger partial charge in [-0.2, -0.15) is 0 Å². The van der Waals surface area contributed by atoms with E-state index in [0.717, 1.165) is 0 Å². The number of hydrogen-bond acceptors (Lipinski definition) is 1. The summed E-state index contributed by atoms with van der Waals surface area (Å²) in [6.07, 6.45) is 3.91. The highest BCUT2D eigenvalue weighted by Crippen LogP contribution is 2.69. The van der Waals surface area contributed by atoms with Gasteiger partial charge in [0.2, 0.25) is 7.98 Å². The molecule has 0 aliphatic heterocycles. The third kappa shape index (κ3) is 3.13. The lowest BCUT2D eigenvalue weighted by Gasteiger charge is -2.47. The van der Waals surface area contributed by atoms with Crippen molar-refractivity contribution in [3.8, 4) is 0 Å². The van der Waals surface area contributed by atoms with Gasteiger partial charge >= 0.3 is 0 Å². The van der Waals surface area contributed by atoms with E-state index in [2.05, 4.69) is 48.5 Å². The van der Waals surface area contributed by atoms with Crippen LogP contribution < -0.4 is 0 Å². The monoisotopic (exact) mass is 229 g/mol. The second-order valence-electron chi connectivity index (χ2n) is 6.39. The van der Waals surface area contributed by atoms with Crippen molar-refractivity contribution in [2.24, 2.45) is 4.66 Å². The van der Waals surface area contributed by atoms with E-state index in [4.69, 9.17) is 4.66 Å². The van der Waals surface area contributed by atoms with Gasteiger partial charge in [-0.05, 0) is 29.9 Å². The zero-order valence-corrected chi connectivity index (χ0v) is 12.9. The van der Waals surface area contributed by atoms with Crippen LogP contribution in [0.4, 0.5) is 0 Å². The Bertz CT molecular complexity index is 227. The van der Waals surface area contributed by atoms with Crippen molar-refractivity contribution < 1.29 is 0 Å².